The van der Waals surface area contributed by atoms with Gasteiger partial charge in [0.1, 0.15) is 5.75 Å². The number of aromatic amines is 1. The third kappa shape index (κ3) is 2.52. The van der Waals surface area contributed by atoms with E-state index in [1.54, 1.807) is 31.6 Å². The molecule has 0 aliphatic heterocycles. The Labute approximate surface area is 140 Å². The maximum atomic E-state index is 12.5. The fourth-order valence-corrected chi connectivity index (χ4v) is 3.45. The first-order valence-electron chi connectivity index (χ1n) is 8.15. The van der Waals surface area contributed by atoms with E-state index in [-0.39, 0.29) is 11.9 Å². The molecule has 2 aromatic heterocycles. The molecule has 1 aromatic carbocycles. The summed E-state index contributed by atoms with van der Waals surface area (Å²) in [6.45, 7) is 0. The molecule has 1 amide bonds. The Morgan fingerprint density at radius 3 is 3.08 bits per heavy atom. The molecule has 1 atom stereocenters. The van der Waals surface area contributed by atoms with E-state index < -0.39 is 0 Å². The molecule has 0 fully saturated rings. The highest BCUT2D eigenvalue weighted by molar-refractivity contribution is 5.94. The summed E-state index contributed by atoms with van der Waals surface area (Å²) in [6.07, 6.45) is 6.26. The van der Waals surface area contributed by atoms with Crippen LogP contribution in [0.5, 0.6) is 5.75 Å². The minimum atomic E-state index is -0.0859. The maximum Gasteiger partial charge on any atom is 0.253 e. The molecule has 4 rings (SSSR count). The van der Waals surface area contributed by atoms with Crippen LogP contribution in [-0.4, -0.2) is 23.0 Å². The van der Waals surface area contributed by atoms with Gasteiger partial charge >= 0.3 is 0 Å². The maximum absolute atomic E-state index is 12.5. The number of H-pyrrole nitrogens is 1. The zero-order valence-electron chi connectivity index (χ0n) is 13.5. The highest BCUT2D eigenvalue weighted by Crippen LogP contribution is 2.36. The average Bonchev–Trinajstić information content (AvgIpc) is 3.01. The number of aromatic nitrogens is 2. The fourth-order valence-electron chi connectivity index (χ4n) is 3.45. The van der Waals surface area contributed by atoms with Crippen molar-refractivity contribution in [3.05, 3.63) is 59.5 Å². The van der Waals surface area contributed by atoms with Crippen LogP contribution in [0, 0.1) is 0 Å². The van der Waals surface area contributed by atoms with Gasteiger partial charge in [-0.05, 0) is 55.2 Å². The van der Waals surface area contributed by atoms with E-state index in [4.69, 9.17) is 4.74 Å². The number of nitrogens with zero attached hydrogens (tertiary/aromatic N) is 1. The average molecular weight is 321 g/mol. The summed E-state index contributed by atoms with van der Waals surface area (Å²) in [4.78, 5) is 20.0. The lowest BCUT2D eigenvalue weighted by molar-refractivity contribution is 0.0931. The van der Waals surface area contributed by atoms with Crippen molar-refractivity contribution in [1.29, 1.82) is 0 Å². The molecule has 1 unspecified atom stereocenters. The van der Waals surface area contributed by atoms with Gasteiger partial charge in [0, 0.05) is 29.0 Å². The second kappa shape index (κ2) is 6.00. The van der Waals surface area contributed by atoms with E-state index in [9.17, 15) is 4.79 Å². The quantitative estimate of drug-likeness (QED) is 0.777. The van der Waals surface area contributed by atoms with E-state index in [1.165, 1.54) is 10.9 Å². The van der Waals surface area contributed by atoms with Crippen molar-refractivity contribution in [2.75, 3.05) is 7.11 Å². The molecule has 3 aromatic rings. The van der Waals surface area contributed by atoms with Gasteiger partial charge in [0.25, 0.3) is 5.91 Å². The minimum absolute atomic E-state index is 0.000138. The van der Waals surface area contributed by atoms with Gasteiger partial charge in [-0.2, -0.15) is 0 Å². The van der Waals surface area contributed by atoms with E-state index in [0.29, 0.717) is 5.56 Å². The number of rotatable bonds is 3. The van der Waals surface area contributed by atoms with Gasteiger partial charge in [0.05, 0.1) is 18.7 Å². The molecule has 5 nitrogen and oxygen atoms in total. The van der Waals surface area contributed by atoms with Gasteiger partial charge in [-0.15, -0.1) is 0 Å². The molecular weight excluding hydrogens is 302 g/mol. The lowest BCUT2D eigenvalue weighted by Crippen LogP contribution is -2.31. The number of carbonyl (C=O) groups excluding carboxylic acids is 1. The highest BCUT2D eigenvalue weighted by Gasteiger charge is 2.26. The number of pyridine rings is 1. The standard InChI is InChI=1S/C19H19N3O2/c1-24-13-7-8-16-15(10-13)14-5-2-6-17(18(14)21-16)22-19(23)12-4-3-9-20-11-12/h3-4,7-11,17,21H,2,5-6H2,1H3,(H,22,23). The molecule has 0 radical (unpaired) electrons. The van der Waals surface area contributed by atoms with Crippen LogP contribution in [0.15, 0.2) is 42.7 Å². The third-order valence-electron chi connectivity index (χ3n) is 4.64. The summed E-state index contributed by atoms with van der Waals surface area (Å²) in [7, 11) is 1.68. The molecule has 1 aliphatic rings. The van der Waals surface area contributed by atoms with Crippen molar-refractivity contribution >= 4 is 16.8 Å². The normalized spacial score (nSPS) is 16.6. The van der Waals surface area contributed by atoms with E-state index >= 15 is 0 Å². The van der Waals surface area contributed by atoms with Gasteiger partial charge in [-0.25, -0.2) is 0 Å². The zero-order valence-corrected chi connectivity index (χ0v) is 13.5. The molecule has 0 saturated carbocycles. The molecule has 1 aliphatic carbocycles. The number of aryl methyl sites for hydroxylation is 1. The summed E-state index contributed by atoms with van der Waals surface area (Å²) < 4.78 is 5.34. The van der Waals surface area contributed by atoms with Gasteiger partial charge in [0.2, 0.25) is 0 Å². The molecule has 24 heavy (non-hydrogen) atoms. The Morgan fingerprint density at radius 1 is 1.38 bits per heavy atom. The highest BCUT2D eigenvalue weighted by atomic mass is 16.5. The number of benzene rings is 1. The van der Waals surface area contributed by atoms with Crippen LogP contribution >= 0.6 is 0 Å². The number of amides is 1. The second-order valence-electron chi connectivity index (χ2n) is 6.09. The van der Waals surface area contributed by atoms with Gasteiger partial charge in [-0.1, -0.05) is 0 Å². The Bertz CT molecular complexity index is 886. The number of nitrogens with one attached hydrogen (secondary N) is 2. The molecule has 0 saturated heterocycles. The summed E-state index contributed by atoms with van der Waals surface area (Å²) in [5.41, 5.74) is 4.07. The van der Waals surface area contributed by atoms with Crippen LogP contribution < -0.4 is 10.1 Å². The molecule has 2 N–H and O–H groups in total. The predicted molar refractivity (Wildman–Crippen MR) is 92.2 cm³/mol. The number of fused-ring (bicyclic) bond motifs is 3. The van der Waals surface area contributed by atoms with E-state index in [0.717, 1.165) is 36.2 Å². The van der Waals surface area contributed by atoms with Gasteiger partial charge in [-0.3, -0.25) is 9.78 Å². The molecule has 0 bridgehead atoms. The van der Waals surface area contributed by atoms with Crippen molar-refractivity contribution in [3.8, 4) is 5.75 Å². The SMILES string of the molecule is COc1ccc2[nH]c3c(c2c1)CCCC3NC(=O)c1cccnc1. The predicted octanol–water partition coefficient (Wildman–Crippen LogP) is 3.38. The smallest absolute Gasteiger partial charge is 0.253 e. The van der Waals surface area contributed by atoms with Crippen LogP contribution in [0.2, 0.25) is 0 Å². The fraction of sp³-hybridized carbons (Fsp3) is 0.263. The first-order valence-corrected chi connectivity index (χ1v) is 8.15. The van der Waals surface area contributed by atoms with Crippen molar-refractivity contribution in [1.82, 2.24) is 15.3 Å². The second-order valence-corrected chi connectivity index (χ2v) is 6.09. The third-order valence-corrected chi connectivity index (χ3v) is 4.64. The number of ether oxygens (including phenoxy) is 1. The minimum Gasteiger partial charge on any atom is -0.497 e. The van der Waals surface area contributed by atoms with Crippen LogP contribution in [-0.2, 0) is 6.42 Å². The van der Waals surface area contributed by atoms with Crippen molar-refractivity contribution < 1.29 is 9.53 Å². The first kappa shape index (κ1) is 14.8. The van der Waals surface area contributed by atoms with Gasteiger partial charge in [0.15, 0.2) is 0 Å². The van der Waals surface area contributed by atoms with Crippen molar-refractivity contribution in [2.45, 2.75) is 25.3 Å². The van der Waals surface area contributed by atoms with Gasteiger partial charge < -0.3 is 15.0 Å². The molecular formula is C19H19N3O2. The van der Waals surface area contributed by atoms with Crippen molar-refractivity contribution in [2.24, 2.45) is 0 Å². The number of carbonyl (C=O) groups is 1. The molecule has 0 spiro atoms. The molecule has 2 heterocycles. The Balaban J connectivity index is 1.67. The van der Waals surface area contributed by atoms with Crippen LogP contribution in [0.25, 0.3) is 10.9 Å². The van der Waals surface area contributed by atoms with E-state index in [1.807, 2.05) is 12.1 Å². The first-order chi connectivity index (χ1) is 11.8. The van der Waals surface area contributed by atoms with Crippen molar-refractivity contribution in [3.63, 3.8) is 0 Å². The molecule has 5 heteroatoms. The zero-order chi connectivity index (χ0) is 16.5. The van der Waals surface area contributed by atoms with E-state index in [2.05, 4.69) is 21.4 Å². The van der Waals surface area contributed by atoms with Crippen LogP contribution in [0.1, 0.15) is 40.5 Å². The monoisotopic (exact) mass is 321 g/mol. The number of hydrogen-bond donors (Lipinski definition) is 2. The summed E-state index contributed by atoms with van der Waals surface area (Å²) >= 11 is 0. The largest absolute Gasteiger partial charge is 0.497 e. The Kier molecular flexibility index (Phi) is 3.69. The summed E-state index contributed by atoms with van der Waals surface area (Å²) in [5.74, 6) is 0.767. The topological polar surface area (TPSA) is 67.0 Å². The lowest BCUT2D eigenvalue weighted by atomic mass is 9.91. The van der Waals surface area contributed by atoms with Crippen LogP contribution in [0.3, 0.4) is 0 Å². The number of methoxy groups -OCH3 is 1. The lowest BCUT2D eigenvalue weighted by Gasteiger charge is -2.23. The van der Waals surface area contributed by atoms with Crippen LogP contribution in [0.4, 0.5) is 0 Å². The summed E-state index contributed by atoms with van der Waals surface area (Å²) in [5, 5.41) is 4.32. The summed E-state index contributed by atoms with van der Waals surface area (Å²) in [6, 6.07) is 9.61. The Hall–Kier alpha value is -2.82. The number of hydrogen-bond acceptors (Lipinski definition) is 3. The Morgan fingerprint density at radius 2 is 2.29 bits per heavy atom. The molecule has 122 valence electrons.